The van der Waals surface area contributed by atoms with Crippen molar-refractivity contribution in [2.45, 2.75) is 26.3 Å². The normalized spacial score (nSPS) is 13.2. The van der Waals surface area contributed by atoms with Crippen LogP contribution < -0.4 is 16.6 Å². The third-order valence-corrected chi connectivity index (χ3v) is 2.96. The van der Waals surface area contributed by atoms with Crippen molar-refractivity contribution < 1.29 is 9.13 Å². The number of hydrazine groups is 1. The van der Waals surface area contributed by atoms with E-state index in [-0.39, 0.29) is 11.9 Å². The highest BCUT2D eigenvalue weighted by atomic mass is 19.1. The second kappa shape index (κ2) is 8.50. The van der Waals surface area contributed by atoms with Crippen molar-refractivity contribution in [3.8, 4) is 0 Å². The molecule has 1 unspecified atom stereocenters. The Morgan fingerprint density at radius 2 is 2.25 bits per heavy atom. The van der Waals surface area contributed by atoms with E-state index in [2.05, 4.69) is 15.7 Å². The second-order valence-corrected chi connectivity index (χ2v) is 4.60. The molecule has 0 saturated heterocycles. The first-order chi connectivity index (χ1) is 9.58. The summed E-state index contributed by atoms with van der Waals surface area (Å²) in [7, 11) is 1.65. The molecule has 20 heavy (non-hydrogen) atoms. The number of nitrogens with zero attached hydrogens (tertiary/aromatic N) is 1. The van der Waals surface area contributed by atoms with Crippen molar-refractivity contribution >= 4 is 5.96 Å². The molecule has 0 heterocycles. The highest BCUT2D eigenvalue weighted by Crippen LogP contribution is 2.16. The summed E-state index contributed by atoms with van der Waals surface area (Å²) in [6.45, 7) is 4.92. The zero-order chi connectivity index (χ0) is 15.0. The first-order valence-electron chi connectivity index (χ1n) is 6.61. The average Bonchev–Trinajstić information content (AvgIpc) is 2.44. The molecule has 1 aromatic rings. The number of hydrogen-bond acceptors (Lipinski definition) is 3. The Bertz CT molecular complexity index is 451. The zero-order valence-electron chi connectivity index (χ0n) is 12.2. The van der Waals surface area contributed by atoms with Crippen LogP contribution in [0.15, 0.2) is 23.2 Å². The average molecular weight is 282 g/mol. The maximum absolute atomic E-state index is 13.5. The Labute approximate surface area is 119 Å². The monoisotopic (exact) mass is 282 g/mol. The molecule has 0 radical (unpaired) electrons. The van der Waals surface area contributed by atoms with Crippen LogP contribution in [-0.2, 0) is 4.74 Å². The van der Waals surface area contributed by atoms with Gasteiger partial charge in [0, 0.05) is 20.3 Å². The van der Waals surface area contributed by atoms with Gasteiger partial charge >= 0.3 is 0 Å². The predicted molar refractivity (Wildman–Crippen MR) is 78.8 cm³/mol. The summed E-state index contributed by atoms with van der Waals surface area (Å²) in [6.07, 6.45) is 0.816. The first kappa shape index (κ1) is 16.4. The minimum Gasteiger partial charge on any atom is -0.385 e. The molecule has 0 bridgehead atoms. The SMILES string of the molecule is COCCCN=C(NN)NC(C)c1ccc(C)c(F)c1. The van der Waals surface area contributed by atoms with Crippen LogP contribution in [0, 0.1) is 12.7 Å². The third-order valence-electron chi connectivity index (χ3n) is 2.96. The van der Waals surface area contributed by atoms with E-state index in [4.69, 9.17) is 10.6 Å². The van der Waals surface area contributed by atoms with E-state index < -0.39 is 0 Å². The fraction of sp³-hybridized carbons (Fsp3) is 0.500. The van der Waals surface area contributed by atoms with Gasteiger partial charge in [-0.1, -0.05) is 12.1 Å². The molecule has 0 aliphatic rings. The molecule has 1 atom stereocenters. The van der Waals surface area contributed by atoms with Crippen LogP contribution in [0.1, 0.15) is 30.5 Å². The molecular formula is C14H23FN4O. The summed E-state index contributed by atoms with van der Waals surface area (Å²) in [6, 6.07) is 5.07. The standard InChI is InChI=1S/C14H23FN4O/c1-10-5-6-12(9-13(10)15)11(2)18-14(19-16)17-7-4-8-20-3/h5-6,9,11H,4,7-8,16H2,1-3H3,(H2,17,18,19). The summed E-state index contributed by atoms with van der Waals surface area (Å²) in [5, 5.41) is 3.11. The Morgan fingerprint density at radius 3 is 2.85 bits per heavy atom. The van der Waals surface area contributed by atoms with Crippen LogP contribution in [0.4, 0.5) is 4.39 Å². The van der Waals surface area contributed by atoms with Crippen molar-refractivity contribution in [3.63, 3.8) is 0 Å². The van der Waals surface area contributed by atoms with Crippen molar-refractivity contribution in [3.05, 3.63) is 35.1 Å². The van der Waals surface area contributed by atoms with Crippen LogP contribution >= 0.6 is 0 Å². The molecule has 0 spiro atoms. The number of hydrogen-bond donors (Lipinski definition) is 3. The summed E-state index contributed by atoms with van der Waals surface area (Å²) < 4.78 is 18.5. The Kier molecular flexibility index (Phi) is 6.97. The van der Waals surface area contributed by atoms with Gasteiger partial charge in [-0.2, -0.15) is 0 Å². The smallest absolute Gasteiger partial charge is 0.206 e. The molecule has 1 aromatic carbocycles. The van der Waals surface area contributed by atoms with E-state index in [1.165, 1.54) is 6.07 Å². The number of methoxy groups -OCH3 is 1. The third kappa shape index (κ3) is 5.14. The van der Waals surface area contributed by atoms with Gasteiger partial charge in [0.05, 0.1) is 6.04 Å². The number of nitrogens with two attached hydrogens (primary N) is 1. The Balaban J connectivity index is 2.61. The van der Waals surface area contributed by atoms with Crippen LogP contribution in [0.2, 0.25) is 0 Å². The van der Waals surface area contributed by atoms with Gasteiger partial charge in [-0.15, -0.1) is 0 Å². The lowest BCUT2D eigenvalue weighted by Crippen LogP contribution is -2.42. The highest BCUT2D eigenvalue weighted by molar-refractivity contribution is 5.79. The van der Waals surface area contributed by atoms with E-state index in [0.29, 0.717) is 24.7 Å². The van der Waals surface area contributed by atoms with Crippen LogP contribution in [0.3, 0.4) is 0 Å². The second-order valence-electron chi connectivity index (χ2n) is 4.60. The van der Waals surface area contributed by atoms with E-state index in [1.807, 2.05) is 13.0 Å². The van der Waals surface area contributed by atoms with Crippen LogP contribution in [-0.4, -0.2) is 26.2 Å². The zero-order valence-corrected chi connectivity index (χ0v) is 12.2. The van der Waals surface area contributed by atoms with Gasteiger partial charge in [0.1, 0.15) is 5.82 Å². The lowest BCUT2D eigenvalue weighted by Gasteiger charge is -2.17. The molecule has 0 amide bonds. The van der Waals surface area contributed by atoms with Crippen LogP contribution in [0.5, 0.6) is 0 Å². The summed E-state index contributed by atoms with van der Waals surface area (Å²) in [5.74, 6) is 5.69. The topological polar surface area (TPSA) is 71.7 Å². The minimum absolute atomic E-state index is 0.0951. The Morgan fingerprint density at radius 1 is 1.50 bits per heavy atom. The predicted octanol–water partition coefficient (Wildman–Crippen LogP) is 1.64. The van der Waals surface area contributed by atoms with Gasteiger partial charge < -0.3 is 10.1 Å². The lowest BCUT2D eigenvalue weighted by atomic mass is 10.1. The number of ether oxygens (including phenoxy) is 1. The molecule has 5 nitrogen and oxygen atoms in total. The van der Waals surface area contributed by atoms with E-state index in [0.717, 1.165) is 12.0 Å². The van der Waals surface area contributed by atoms with Crippen molar-refractivity contribution in [2.75, 3.05) is 20.3 Å². The molecular weight excluding hydrogens is 259 g/mol. The largest absolute Gasteiger partial charge is 0.385 e. The van der Waals surface area contributed by atoms with Crippen LogP contribution in [0.25, 0.3) is 0 Å². The molecule has 0 aliphatic carbocycles. The minimum atomic E-state index is -0.213. The molecule has 0 fully saturated rings. The number of nitrogens with one attached hydrogen (secondary N) is 2. The van der Waals surface area contributed by atoms with Crippen molar-refractivity contribution in [2.24, 2.45) is 10.8 Å². The fourth-order valence-electron chi connectivity index (χ4n) is 1.70. The highest BCUT2D eigenvalue weighted by Gasteiger charge is 2.09. The molecule has 4 N–H and O–H groups in total. The molecule has 0 aromatic heterocycles. The number of rotatable bonds is 6. The van der Waals surface area contributed by atoms with E-state index >= 15 is 0 Å². The number of benzene rings is 1. The number of guanidine groups is 1. The maximum Gasteiger partial charge on any atom is 0.206 e. The summed E-state index contributed by atoms with van der Waals surface area (Å²) >= 11 is 0. The van der Waals surface area contributed by atoms with E-state index in [1.54, 1.807) is 20.1 Å². The quantitative estimate of drug-likeness (QED) is 0.244. The number of halogens is 1. The van der Waals surface area contributed by atoms with Gasteiger partial charge in [-0.3, -0.25) is 10.4 Å². The van der Waals surface area contributed by atoms with Crippen molar-refractivity contribution in [1.29, 1.82) is 0 Å². The molecule has 0 aliphatic heterocycles. The molecule has 1 rings (SSSR count). The molecule has 6 heteroatoms. The van der Waals surface area contributed by atoms with Gasteiger partial charge in [-0.05, 0) is 37.5 Å². The summed E-state index contributed by atoms with van der Waals surface area (Å²) in [4.78, 5) is 4.28. The Hall–Kier alpha value is -1.66. The van der Waals surface area contributed by atoms with Crippen molar-refractivity contribution in [1.82, 2.24) is 10.7 Å². The number of aryl methyl sites for hydroxylation is 1. The molecule has 112 valence electrons. The molecule has 0 saturated carbocycles. The van der Waals surface area contributed by atoms with E-state index in [9.17, 15) is 4.39 Å². The van der Waals surface area contributed by atoms with Gasteiger partial charge in [0.25, 0.3) is 0 Å². The number of aliphatic imine (C=N–C) groups is 1. The van der Waals surface area contributed by atoms with Gasteiger partial charge in [0.2, 0.25) is 5.96 Å². The first-order valence-corrected chi connectivity index (χ1v) is 6.61. The lowest BCUT2D eigenvalue weighted by molar-refractivity contribution is 0.197. The maximum atomic E-state index is 13.5. The van der Waals surface area contributed by atoms with Gasteiger partial charge in [0.15, 0.2) is 0 Å². The fourth-order valence-corrected chi connectivity index (χ4v) is 1.70. The summed E-state index contributed by atoms with van der Waals surface area (Å²) in [5.41, 5.74) is 3.98. The van der Waals surface area contributed by atoms with Gasteiger partial charge in [-0.25, -0.2) is 10.2 Å².